The highest BCUT2D eigenvalue weighted by Gasteiger charge is 2.34. The van der Waals surface area contributed by atoms with Gasteiger partial charge in [-0.05, 0) is 42.8 Å². The predicted molar refractivity (Wildman–Crippen MR) is 139 cm³/mol. The van der Waals surface area contributed by atoms with Gasteiger partial charge in [0, 0.05) is 37.0 Å². The van der Waals surface area contributed by atoms with Crippen LogP contribution in [-0.4, -0.2) is 70.7 Å². The van der Waals surface area contributed by atoms with Gasteiger partial charge in [0.15, 0.2) is 0 Å². The van der Waals surface area contributed by atoms with Gasteiger partial charge in [0.25, 0.3) is 5.91 Å². The van der Waals surface area contributed by atoms with E-state index in [-0.39, 0.29) is 42.5 Å². The van der Waals surface area contributed by atoms with Crippen molar-refractivity contribution in [2.45, 2.75) is 26.0 Å². The number of rotatable bonds is 6. The summed E-state index contributed by atoms with van der Waals surface area (Å²) in [6, 6.07) is 16.1. The number of hydrogen-bond donors (Lipinski definition) is 2. The fourth-order valence-corrected chi connectivity index (χ4v) is 4.24. The van der Waals surface area contributed by atoms with Crippen LogP contribution in [0.2, 0.25) is 0 Å². The summed E-state index contributed by atoms with van der Waals surface area (Å²) in [7, 11) is 1.67. The molecule has 3 amide bonds. The Hall–Kier alpha value is -3.98. The zero-order chi connectivity index (χ0) is 26.5. The van der Waals surface area contributed by atoms with E-state index in [1.165, 1.54) is 23.2 Å². The quantitative estimate of drug-likeness (QED) is 0.521. The molecule has 0 spiro atoms. The van der Waals surface area contributed by atoms with E-state index in [0.29, 0.717) is 23.4 Å². The number of aromatic nitrogens is 1. The van der Waals surface area contributed by atoms with E-state index in [9.17, 15) is 19.1 Å². The molecule has 0 fully saturated rings. The molecule has 4 rings (SSSR count). The van der Waals surface area contributed by atoms with Gasteiger partial charge in [-0.3, -0.25) is 4.79 Å². The van der Waals surface area contributed by atoms with Crippen LogP contribution in [0.5, 0.6) is 5.88 Å². The minimum absolute atomic E-state index is 0.133. The van der Waals surface area contributed by atoms with E-state index in [4.69, 9.17) is 4.74 Å². The average molecular weight is 507 g/mol. The molecule has 8 nitrogen and oxygen atoms in total. The molecule has 3 atom stereocenters. The van der Waals surface area contributed by atoms with Crippen molar-refractivity contribution in [3.05, 3.63) is 78.2 Å². The number of anilines is 1. The number of likely N-dealkylation sites (N-methyl/N-ethyl adjacent to an activating group) is 1. The van der Waals surface area contributed by atoms with Crippen molar-refractivity contribution in [3.8, 4) is 17.0 Å². The number of aliphatic hydroxyl groups is 1. The van der Waals surface area contributed by atoms with Gasteiger partial charge >= 0.3 is 6.03 Å². The molecule has 1 aromatic heterocycles. The standard InChI is InChI=1S/C28H31FN4O4/c1-18-15-33(19(2)17-34)27(35)24-13-21(20-8-7-9-22(29)12-20)14-30-26(24)37-25(18)16-32(3)28(36)31-23-10-5-4-6-11-23/h4-14,18-19,25,34H,15-17H2,1-3H3,(H,31,36)/t18-,19+,25-/m0/s1. The number of nitrogens with zero attached hydrogens (tertiary/aromatic N) is 3. The Morgan fingerprint density at radius 1 is 1.22 bits per heavy atom. The van der Waals surface area contributed by atoms with Gasteiger partial charge in [-0.2, -0.15) is 0 Å². The zero-order valence-corrected chi connectivity index (χ0v) is 21.1. The van der Waals surface area contributed by atoms with Crippen molar-refractivity contribution in [3.63, 3.8) is 0 Å². The Morgan fingerprint density at radius 3 is 2.68 bits per heavy atom. The topological polar surface area (TPSA) is 95.0 Å². The molecule has 9 heteroatoms. The van der Waals surface area contributed by atoms with Gasteiger partial charge in [0.05, 0.1) is 19.2 Å². The smallest absolute Gasteiger partial charge is 0.321 e. The zero-order valence-electron chi connectivity index (χ0n) is 21.1. The predicted octanol–water partition coefficient (Wildman–Crippen LogP) is 4.27. The highest BCUT2D eigenvalue weighted by atomic mass is 19.1. The summed E-state index contributed by atoms with van der Waals surface area (Å²) in [4.78, 5) is 33.9. The van der Waals surface area contributed by atoms with E-state index >= 15 is 0 Å². The Morgan fingerprint density at radius 2 is 1.97 bits per heavy atom. The number of para-hydroxylation sites is 1. The lowest BCUT2D eigenvalue weighted by Crippen LogP contribution is -2.50. The molecule has 37 heavy (non-hydrogen) atoms. The van der Waals surface area contributed by atoms with Crippen molar-refractivity contribution in [1.29, 1.82) is 0 Å². The number of aliphatic hydroxyl groups excluding tert-OH is 1. The third-order valence-electron chi connectivity index (χ3n) is 6.50. The third kappa shape index (κ3) is 6.06. The highest BCUT2D eigenvalue weighted by molar-refractivity contribution is 5.98. The number of nitrogens with one attached hydrogen (secondary N) is 1. The number of pyridine rings is 1. The van der Waals surface area contributed by atoms with Crippen LogP contribution in [-0.2, 0) is 0 Å². The summed E-state index contributed by atoms with van der Waals surface area (Å²) in [5, 5.41) is 12.7. The fourth-order valence-electron chi connectivity index (χ4n) is 4.24. The van der Waals surface area contributed by atoms with Crippen molar-refractivity contribution in [2.24, 2.45) is 5.92 Å². The summed E-state index contributed by atoms with van der Waals surface area (Å²) >= 11 is 0. The van der Waals surface area contributed by atoms with Crippen LogP contribution < -0.4 is 10.1 Å². The molecule has 194 valence electrons. The Bertz CT molecular complexity index is 1260. The van der Waals surface area contributed by atoms with Crippen molar-refractivity contribution in [1.82, 2.24) is 14.8 Å². The molecule has 0 saturated carbocycles. The van der Waals surface area contributed by atoms with Crippen LogP contribution in [0, 0.1) is 11.7 Å². The lowest BCUT2D eigenvalue weighted by atomic mass is 9.99. The Labute approximate surface area is 215 Å². The van der Waals surface area contributed by atoms with Gasteiger partial charge in [0.1, 0.15) is 17.5 Å². The number of urea groups is 1. The normalized spacial score (nSPS) is 18.2. The first-order valence-corrected chi connectivity index (χ1v) is 12.2. The highest BCUT2D eigenvalue weighted by Crippen LogP contribution is 2.30. The lowest BCUT2D eigenvalue weighted by molar-refractivity contribution is 0.0356. The molecule has 1 aliphatic rings. The molecule has 3 aromatic rings. The molecular weight excluding hydrogens is 475 g/mol. The first kappa shape index (κ1) is 26.1. The Kier molecular flexibility index (Phi) is 8.03. The minimum Gasteiger partial charge on any atom is -0.472 e. The molecule has 0 saturated heterocycles. The van der Waals surface area contributed by atoms with E-state index in [0.717, 1.165) is 0 Å². The van der Waals surface area contributed by atoms with E-state index in [2.05, 4.69) is 10.3 Å². The van der Waals surface area contributed by atoms with E-state index in [1.54, 1.807) is 49.2 Å². The van der Waals surface area contributed by atoms with Crippen LogP contribution >= 0.6 is 0 Å². The van der Waals surface area contributed by atoms with Gasteiger partial charge in [-0.25, -0.2) is 14.2 Å². The van der Waals surface area contributed by atoms with Crippen molar-refractivity contribution < 1.29 is 23.8 Å². The number of carbonyl (C=O) groups excluding carboxylic acids is 2. The molecule has 1 aliphatic heterocycles. The van der Waals surface area contributed by atoms with Crippen molar-refractivity contribution in [2.75, 3.05) is 32.1 Å². The second-order valence-corrected chi connectivity index (χ2v) is 9.39. The number of hydrogen-bond acceptors (Lipinski definition) is 5. The molecule has 0 radical (unpaired) electrons. The van der Waals surface area contributed by atoms with Crippen LogP contribution in [0.4, 0.5) is 14.9 Å². The van der Waals surface area contributed by atoms with E-state index in [1.807, 2.05) is 25.1 Å². The summed E-state index contributed by atoms with van der Waals surface area (Å²) in [6.07, 6.45) is 1.05. The molecule has 0 aliphatic carbocycles. The summed E-state index contributed by atoms with van der Waals surface area (Å²) in [5.41, 5.74) is 2.04. The second-order valence-electron chi connectivity index (χ2n) is 9.39. The van der Waals surface area contributed by atoms with Gasteiger partial charge in [0.2, 0.25) is 5.88 Å². The number of amides is 3. The average Bonchev–Trinajstić information content (AvgIpc) is 2.90. The Balaban J connectivity index is 1.64. The van der Waals surface area contributed by atoms with Crippen LogP contribution in [0.1, 0.15) is 24.2 Å². The number of fused-ring (bicyclic) bond motifs is 1. The maximum absolute atomic E-state index is 13.8. The maximum Gasteiger partial charge on any atom is 0.321 e. The monoisotopic (exact) mass is 506 g/mol. The van der Waals surface area contributed by atoms with Crippen LogP contribution in [0.3, 0.4) is 0 Å². The SMILES string of the molecule is C[C@H](CO)N1C[C@H](C)[C@H](CN(C)C(=O)Nc2ccccc2)Oc2ncc(-c3cccc(F)c3)cc2C1=O. The molecule has 2 heterocycles. The number of halogens is 1. The summed E-state index contributed by atoms with van der Waals surface area (Å²) in [5.74, 6) is -0.771. The van der Waals surface area contributed by atoms with Crippen molar-refractivity contribution >= 4 is 17.6 Å². The first-order chi connectivity index (χ1) is 17.8. The van der Waals surface area contributed by atoms with Gasteiger partial charge < -0.3 is 25.0 Å². The largest absolute Gasteiger partial charge is 0.472 e. The van der Waals surface area contributed by atoms with Crippen LogP contribution in [0.25, 0.3) is 11.1 Å². The number of ether oxygens (including phenoxy) is 1. The fraction of sp³-hybridized carbons (Fsp3) is 0.321. The maximum atomic E-state index is 13.8. The van der Waals surface area contributed by atoms with E-state index < -0.39 is 18.0 Å². The number of benzene rings is 2. The summed E-state index contributed by atoms with van der Waals surface area (Å²) in [6.45, 7) is 4.04. The molecule has 0 bridgehead atoms. The molecule has 2 aromatic carbocycles. The second kappa shape index (κ2) is 11.4. The van der Waals surface area contributed by atoms with Gasteiger partial charge in [-0.15, -0.1) is 0 Å². The molecule has 2 N–H and O–H groups in total. The molecule has 0 unspecified atom stereocenters. The van der Waals surface area contributed by atoms with Gasteiger partial charge in [-0.1, -0.05) is 37.3 Å². The molecular formula is C28H31FN4O4. The first-order valence-electron chi connectivity index (χ1n) is 12.2. The summed E-state index contributed by atoms with van der Waals surface area (Å²) < 4.78 is 20.1. The lowest BCUT2D eigenvalue weighted by Gasteiger charge is -2.37. The number of carbonyl (C=O) groups is 2. The third-order valence-corrected chi connectivity index (χ3v) is 6.50. The minimum atomic E-state index is -0.487. The van der Waals surface area contributed by atoms with Crippen LogP contribution in [0.15, 0.2) is 66.9 Å².